The van der Waals surface area contributed by atoms with Crippen molar-refractivity contribution in [1.82, 2.24) is 10.3 Å². The molecule has 0 bridgehead atoms. The van der Waals surface area contributed by atoms with Crippen LogP contribution in [-0.2, 0) is 9.47 Å². The van der Waals surface area contributed by atoms with E-state index in [1.807, 2.05) is 6.92 Å². The molecule has 19 heavy (non-hydrogen) atoms. The van der Waals surface area contributed by atoms with E-state index >= 15 is 0 Å². The maximum absolute atomic E-state index is 12.1. The third-order valence-electron chi connectivity index (χ3n) is 2.81. The Morgan fingerprint density at radius 2 is 2.42 bits per heavy atom. The maximum atomic E-state index is 12.1. The molecule has 1 aromatic rings. The normalized spacial score (nSPS) is 18.9. The van der Waals surface area contributed by atoms with Gasteiger partial charge < -0.3 is 20.1 Å². The number of amides is 1. The van der Waals surface area contributed by atoms with Gasteiger partial charge in [-0.25, -0.2) is 0 Å². The molecule has 2 N–H and O–H groups in total. The zero-order valence-electron chi connectivity index (χ0n) is 11.0. The van der Waals surface area contributed by atoms with Gasteiger partial charge in [-0.3, -0.25) is 9.78 Å². The van der Waals surface area contributed by atoms with Crippen molar-refractivity contribution in [2.45, 2.75) is 13.0 Å². The van der Waals surface area contributed by atoms with Gasteiger partial charge in [0.25, 0.3) is 5.91 Å². The van der Waals surface area contributed by atoms with E-state index in [1.54, 1.807) is 18.5 Å². The summed E-state index contributed by atoms with van der Waals surface area (Å²) >= 11 is 0. The van der Waals surface area contributed by atoms with Gasteiger partial charge in [-0.15, -0.1) is 0 Å². The Hall–Kier alpha value is -1.66. The number of pyridine rings is 1. The second-order valence-corrected chi connectivity index (χ2v) is 4.23. The molecule has 6 nitrogen and oxygen atoms in total. The van der Waals surface area contributed by atoms with E-state index in [0.717, 1.165) is 12.2 Å². The fourth-order valence-corrected chi connectivity index (χ4v) is 1.88. The number of nitrogens with one attached hydrogen (secondary N) is 2. The smallest absolute Gasteiger partial charge is 0.253 e. The molecule has 2 rings (SSSR count). The number of rotatable bonds is 5. The van der Waals surface area contributed by atoms with Gasteiger partial charge >= 0.3 is 0 Å². The van der Waals surface area contributed by atoms with E-state index in [2.05, 4.69) is 15.6 Å². The molecule has 1 aromatic heterocycles. The monoisotopic (exact) mass is 265 g/mol. The third kappa shape index (κ3) is 3.90. The standard InChI is InChI=1S/C13H19N3O3/c1-2-15-12-8-14-4-3-11(12)13(17)16-7-10-9-18-5-6-19-10/h3-4,8,10,15H,2,5-7,9H2,1H3,(H,16,17). The topological polar surface area (TPSA) is 72.5 Å². The van der Waals surface area contributed by atoms with Crippen LogP contribution in [0.1, 0.15) is 17.3 Å². The van der Waals surface area contributed by atoms with E-state index in [4.69, 9.17) is 9.47 Å². The Morgan fingerprint density at radius 3 is 3.16 bits per heavy atom. The summed E-state index contributed by atoms with van der Waals surface area (Å²) in [6, 6.07) is 1.70. The van der Waals surface area contributed by atoms with Crippen molar-refractivity contribution in [3.63, 3.8) is 0 Å². The van der Waals surface area contributed by atoms with Crippen molar-refractivity contribution >= 4 is 11.6 Å². The van der Waals surface area contributed by atoms with Gasteiger partial charge in [-0.2, -0.15) is 0 Å². The van der Waals surface area contributed by atoms with Gasteiger partial charge in [-0.05, 0) is 13.0 Å². The van der Waals surface area contributed by atoms with Crippen LogP contribution in [0.15, 0.2) is 18.5 Å². The highest BCUT2D eigenvalue weighted by atomic mass is 16.6. The van der Waals surface area contributed by atoms with E-state index < -0.39 is 0 Å². The van der Waals surface area contributed by atoms with Crippen LogP contribution in [0.5, 0.6) is 0 Å². The molecular formula is C13H19N3O3. The SMILES string of the molecule is CCNc1cnccc1C(=O)NCC1COCCO1. The summed E-state index contributed by atoms with van der Waals surface area (Å²) in [5, 5.41) is 5.97. The number of carbonyl (C=O) groups is 1. The fraction of sp³-hybridized carbons (Fsp3) is 0.538. The summed E-state index contributed by atoms with van der Waals surface area (Å²) in [6.07, 6.45) is 3.19. The van der Waals surface area contributed by atoms with E-state index in [0.29, 0.717) is 31.9 Å². The minimum absolute atomic E-state index is 0.0675. The number of nitrogens with zero attached hydrogens (tertiary/aromatic N) is 1. The first-order valence-corrected chi connectivity index (χ1v) is 6.46. The summed E-state index contributed by atoms with van der Waals surface area (Å²) < 4.78 is 10.8. The van der Waals surface area contributed by atoms with Crippen LogP contribution in [0.25, 0.3) is 0 Å². The molecule has 0 aromatic carbocycles. The molecular weight excluding hydrogens is 246 g/mol. The first-order chi connectivity index (χ1) is 9.31. The van der Waals surface area contributed by atoms with Crippen LogP contribution in [0.3, 0.4) is 0 Å². The van der Waals surface area contributed by atoms with Crippen LogP contribution in [0, 0.1) is 0 Å². The number of hydrogen-bond donors (Lipinski definition) is 2. The van der Waals surface area contributed by atoms with Crippen LogP contribution in [0.4, 0.5) is 5.69 Å². The lowest BCUT2D eigenvalue weighted by molar-refractivity contribution is -0.0855. The van der Waals surface area contributed by atoms with Crippen LogP contribution in [0.2, 0.25) is 0 Å². The highest BCUT2D eigenvalue weighted by Crippen LogP contribution is 2.12. The van der Waals surface area contributed by atoms with Crippen molar-refractivity contribution in [3.8, 4) is 0 Å². The number of aromatic nitrogens is 1. The maximum Gasteiger partial charge on any atom is 0.253 e. The minimum atomic E-state index is -0.132. The molecule has 0 saturated carbocycles. The second kappa shape index (κ2) is 7.06. The molecule has 104 valence electrons. The lowest BCUT2D eigenvalue weighted by Gasteiger charge is -2.23. The summed E-state index contributed by atoms with van der Waals surface area (Å²) in [4.78, 5) is 16.1. The largest absolute Gasteiger partial charge is 0.383 e. The molecule has 0 spiro atoms. The second-order valence-electron chi connectivity index (χ2n) is 4.23. The highest BCUT2D eigenvalue weighted by Gasteiger charge is 2.17. The predicted molar refractivity (Wildman–Crippen MR) is 71.3 cm³/mol. The third-order valence-corrected chi connectivity index (χ3v) is 2.81. The molecule has 0 radical (unpaired) electrons. The van der Waals surface area contributed by atoms with Crippen LogP contribution >= 0.6 is 0 Å². The molecule has 6 heteroatoms. The van der Waals surface area contributed by atoms with Crippen LogP contribution in [-0.4, -0.2) is 49.9 Å². The number of hydrogen-bond acceptors (Lipinski definition) is 5. The van der Waals surface area contributed by atoms with E-state index in [1.165, 1.54) is 0 Å². The highest BCUT2D eigenvalue weighted by molar-refractivity contribution is 5.99. The molecule has 1 atom stereocenters. The Balaban J connectivity index is 1.91. The lowest BCUT2D eigenvalue weighted by Crippen LogP contribution is -2.39. The lowest BCUT2D eigenvalue weighted by atomic mass is 10.2. The molecule has 1 fully saturated rings. The predicted octanol–water partition coefficient (Wildman–Crippen LogP) is 0.659. The van der Waals surface area contributed by atoms with Gasteiger partial charge in [0.15, 0.2) is 0 Å². The molecule has 1 amide bonds. The first kappa shape index (κ1) is 13.8. The average molecular weight is 265 g/mol. The van der Waals surface area contributed by atoms with E-state index in [9.17, 15) is 4.79 Å². The van der Waals surface area contributed by atoms with Crippen molar-refractivity contribution in [3.05, 3.63) is 24.0 Å². The summed E-state index contributed by atoms with van der Waals surface area (Å²) in [5.74, 6) is -0.132. The molecule has 2 heterocycles. The minimum Gasteiger partial charge on any atom is -0.383 e. The van der Waals surface area contributed by atoms with E-state index in [-0.39, 0.29) is 12.0 Å². The fourth-order valence-electron chi connectivity index (χ4n) is 1.88. The van der Waals surface area contributed by atoms with Crippen LogP contribution < -0.4 is 10.6 Å². The number of ether oxygens (including phenoxy) is 2. The Bertz CT molecular complexity index is 419. The first-order valence-electron chi connectivity index (χ1n) is 6.46. The number of anilines is 1. The zero-order chi connectivity index (χ0) is 13.5. The average Bonchev–Trinajstić information content (AvgIpc) is 2.47. The summed E-state index contributed by atoms with van der Waals surface area (Å²) in [5.41, 5.74) is 1.33. The molecule has 1 aliphatic rings. The molecule has 1 unspecified atom stereocenters. The Kier molecular flexibility index (Phi) is 5.11. The van der Waals surface area contributed by atoms with Gasteiger partial charge in [-0.1, -0.05) is 0 Å². The summed E-state index contributed by atoms with van der Waals surface area (Å²) in [6.45, 7) is 4.90. The summed E-state index contributed by atoms with van der Waals surface area (Å²) in [7, 11) is 0. The van der Waals surface area contributed by atoms with Gasteiger partial charge in [0.05, 0.1) is 43.4 Å². The van der Waals surface area contributed by atoms with Gasteiger partial charge in [0, 0.05) is 19.3 Å². The molecule has 0 aliphatic carbocycles. The van der Waals surface area contributed by atoms with Gasteiger partial charge in [0.2, 0.25) is 0 Å². The zero-order valence-corrected chi connectivity index (χ0v) is 11.0. The molecule has 1 aliphatic heterocycles. The molecule has 1 saturated heterocycles. The Labute approximate surface area is 112 Å². The van der Waals surface area contributed by atoms with Crippen molar-refractivity contribution in [2.75, 3.05) is 38.2 Å². The quantitative estimate of drug-likeness (QED) is 0.818. The number of carbonyl (C=O) groups excluding carboxylic acids is 1. The van der Waals surface area contributed by atoms with Crippen molar-refractivity contribution in [1.29, 1.82) is 0 Å². The van der Waals surface area contributed by atoms with Crippen molar-refractivity contribution < 1.29 is 14.3 Å². The Morgan fingerprint density at radius 1 is 1.53 bits per heavy atom. The van der Waals surface area contributed by atoms with Crippen molar-refractivity contribution in [2.24, 2.45) is 0 Å². The van der Waals surface area contributed by atoms with Gasteiger partial charge in [0.1, 0.15) is 0 Å².